The lowest BCUT2D eigenvalue weighted by Crippen LogP contribution is -2.34. The second-order valence-corrected chi connectivity index (χ2v) is 5.39. The number of carbonyl (C=O) groups excluding carboxylic acids is 2. The highest BCUT2D eigenvalue weighted by Gasteiger charge is 2.18. The Morgan fingerprint density at radius 3 is 2.45 bits per heavy atom. The molecule has 0 heterocycles. The lowest BCUT2D eigenvalue weighted by Gasteiger charge is -2.22. The van der Waals surface area contributed by atoms with Crippen molar-refractivity contribution in [2.45, 2.75) is 26.2 Å². The van der Waals surface area contributed by atoms with Crippen LogP contribution in [0.15, 0.2) is 24.3 Å². The van der Waals surface area contributed by atoms with E-state index in [2.05, 4.69) is 30.8 Å². The topological polar surface area (TPSA) is 64.6 Å². The monoisotopic (exact) mass is 279 g/mol. The molecule has 1 rings (SSSR count). The Morgan fingerprint density at radius 2 is 1.85 bits per heavy atom. The van der Waals surface area contributed by atoms with Crippen LogP contribution in [-0.4, -0.2) is 32.1 Å². The summed E-state index contributed by atoms with van der Waals surface area (Å²) >= 11 is 0. The molecule has 0 bridgehead atoms. The highest BCUT2D eigenvalue weighted by atomic mass is 16.5. The quantitative estimate of drug-likeness (QED) is 0.832. The zero-order valence-electron chi connectivity index (χ0n) is 12.4. The van der Waals surface area contributed by atoms with Gasteiger partial charge in [-0.2, -0.15) is 0 Å². The van der Waals surface area contributed by atoms with Gasteiger partial charge in [0.15, 0.2) is 6.61 Å². The smallest absolute Gasteiger partial charge is 0.325 e. The molecule has 0 fully saturated rings. The molecule has 1 N–H and O–H groups in total. The molecule has 1 aromatic carbocycles. The molecule has 0 unspecified atom stereocenters. The van der Waals surface area contributed by atoms with Crippen LogP contribution in [0, 0.1) is 0 Å². The van der Waals surface area contributed by atoms with E-state index in [1.165, 1.54) is 7.11 Å². The Morgan fingerprint density at radius 1 is 1.20 bits per heavy atom. The van der Waals surface area contributed by atoms with Gasteiger partial charge >= 0.3 is 5.97 Å². The van der Waals surface area contributed by atoms with Gasteiger partial charge in [-0.15, -0.1) is 0 Å². The van der Waals surface area contributed by atoms with Crippen LogP contribution in [0.4, 0.5) is 0 Å². The summed E-state index contributed by atoms with van der Waals surface area (Å²) in [7, 11) is 1.27. The molecule has 0 aliphatic carbocycles. The summed E-state index contributed by atoms with van der Waals surface area (Å²) in [6.45, 7) is 5.94. The standard InChI is InChI=1S/C15H21NO4/c1-15(2,3)11-7-5-6-8-12(11)20-10-13(17)16-9-14(18)19-4/h5-8H,9-10H2,1-4H3,(H,16,17). The highest BCUT2D eigenvalue weighted by Crippen LogP contribution is 2.30. The molecule has 0 aliphatic heterocycles. The average molecular weight is 279 g/mol. The van der Waals surface area contributed by atoms with E-state index in [4.69, 9.17) is 4.74 Å². The fraction of sp³-hybridized carbons (Fsp3) is 0.467. The summed E-state index contributed by atoms with van der Waals surface area (Å²) in [4.78, 5) is 22.5. The van der Waals surface area contributed by atoms with Crippen LogP contribution < -0.4 is 10.1 Å². The fourth-order valence-corrected chi connectivity index (χ4v) is 1.65. The van der Waals surface area contributed by atoms with Gasteiger partial charge < -0.3 is 14.8 Å². The van der Waals surface area contributed by atoms with Gasteiger partial charge in [-0.05, 0) is 17.0 Å². The van der Waals surface area contributed by atoms with Crippen LogP contribution in [0.5, 0.6) is 5.75 Å². The van der Waals surface area contributed by atoms with Gasteiger partial charge in [0.25, 0.3) is 5.91 Å². The van der Waals surface area contributed by atoms with E-state index in [1.54, 1.807) is 0 Å². The molecule has 5 nitrogen and oxygen atoms in total. The van der Waals surface area contributed by atoms with Gasteiger partial charge in [-0.25, -0.2) is 0 Å². The Labute approximate surface area is 119 Å². The summed E-state index contributed by atoms with van der Waals surface area (Å²) in [5.41, 5.74) is 0.958. The van der Waals surface area contributed by atoms with Crippen molar-refractivity contribution in [1.29, 1.82) is 0 Å². The van der Waals surface area contributed by atoms with Crippen LogP contribution in [0.1, 0.15) is 26.3 Å². The summed E-state index contributed by atoms with van der Waals surface area (Å²) in [5.74, 6) is -0.180. The van der Waals surface area contributed by atoms with Gasteiger partial charge in [-0.3, -0.25) is 9.59 Å². The maximum atomic E-state index is 11.6. The van der Waals surface area contributed by atoms with E-state index >= 15 is 0 Å². The molecule has 1 amide bonds. The zero-order valence-corrected chi connectivity index (χ0v) is 12.4. The van der Waals surface area contributed by atoms with E-state index in [0.717, 1.165) is 5.56 Å². The maximum absolute atomic E-state index is 11.6. The lowest BCUT2D eigenvalue weighted by molar-refractivity contribution is -0.141. The second kappa shape index (κ2) is 6.93. The minimum absolute atomic E-state index is 0.0704. The minimum atomic E-state index is -0.492. The van der Waals surface area contributed by atoms with E-state index in [-0.39, 0.29) is 24.5 Å². The number of amides is 1. The second-order valence-electron chi connectivity index (χ2n) is 5.39. The third-order valence-electron chi connectivity index (χ3n) is 2.71. The van der Waals surface area contributed by atoms with Crippen molar-refractivity contribution >= 4 is 11.9 Å². The molecular formula is C15H21NO4. The number of rotatable bonds is 5. The van der Waals surface area contributed by atoms with Crippen LogP contribution in [0.2, 0.25) is 0 Å². The number of ether oxygens (including phenoxy) is 2. The van der Waals surface area contributed by atoms with Crippen LogP contribution in [0.25, 0.3) is 0 Å². The average Bonchev–Trinajstić information content (AvgIpc) is 2.41. The first kappa shape index (κ1) is 16.0. The molecule has 0 saturated carbocycles. The third-order valence-corrected chi connectivity index (χ3v) is 2.71. The molecule has 1 aromatic rings. The first-order valence-corrected chi connectivity index (χ1v) is 6.40. The largest absolute Gasteiger partial charge is 0.483 e. The van der Waals surface area contributed by atoms with Crippen molar-refractivity contribution in [3.05, 3.63) is 29.8 Å². The molecule has 0 atom stereocenters. The number of para-hydroxylation sites is 1. The number of hydrogen-bond acceptors (Lipinski definition) is 4. The molecule has 0 aliphatic rings. The van der Waals surface area contributed by atoms with Crippen molar-refractivity contribution in [1.82, 2.24) is 5.32 Å². The van der Waals surface area contributed by atoms with Crippen LogP contribution >= 0.6 is 0 Å². The van der Waals surface area contributed by atoms with Crippen molar-refractivity contribution in [3.8, 4) is 5.75 Å². The van der Waals surface area contributed by atoms with Crippen molar-refractivity contribution in [2.24, 2.45) is 0 Å². The van der Waals surface area contributed by atoms with E-state index < -0.39 is 5.97 Å². The third kappa shape index (κ3) is 4.91. The molecule has 0 aromatic heterocycles. The Bertz CT molecular complexity index is 477. The van der Waals surface area contributed by atoms with Crippen molar-refractivity contribution < 1.29 is 19.1 Å². The zero-order chi connectivity index (χ0) is 15.2. The van der Waals surface area contributed by atoms with Gasteiger partial charge in [-0.1, -0.05) is 39.0 Å². The Balaban J connectivity index is 2.58. The van der Waals surface area contributed by atoms with Crippen LogP contribution in [0.3, 0.4) is 0 Å². The number of esters is 1. The first-order valence-electron chi connectivity index (χ1n) is 6.40. The van der Waals surface area contributed by atoms with Gasteiger partial charge in [0, 0.05) is 0 Å². The summed E-state index contributed by atoms with van der Waals surface area (Å²) in [5, 5.41) is 2.42. The van der Waals surface area contributed by atoms with Crippen LogP contribution in [-0.2, 0) is 19.7 Å². The number of hydrogen-bond donors (Lipinski definition) is 1. The Kier molecular flexibility index (Phi) is 5.55. The maximum Gasteiger partial charge on any atom is 0.325 e. The number of methoxy groups -OCH3 is 1. The molecule has 0 radical (unpaired) electrons. The Hall–Kier alpha value is -2.04. The van der Waals surface area contributed by atoms with Gasteiger partial charge in [0.05, 0.1) is 7.11 Å². The predicted octanol–water partition coefficient (Wildman–Crippen LogP) is 1.65. The van der Waals surface area contributed by atoms with Gasteiger partial charge in [0.2, 0.25) is 0 Å². The molecule has 0 spiro atoms. The first-order chi connectivity index (χ1) is 9.34. The molecule has 0 saturated heterocycles. The molecule has 5 heteroatoms. The molecule has 110 valence electrons. The minimum Gasteiger partial charge on any atom is -0.483 e. The predicted molar refractivity (Wildman–Crippen MR) is 75.7 cm³/mol. The lowest BCUT2D eigenvalue weighted by atomic mass is 9.86. The van der Waals surface area contributed by atoms with Crippen molar-refractivity contribution in [3.63, 3.8) is 0 Å². The normalized spacial score (nSPS) is 10.8. The summed E-state index contributed by atoms with van der Waals surface area (Å²) in [6, 6.07) is 7.59. The number of carbonyl (C=O) groups is 2. The summed E-state index contributed by atoms with van der Waals surface area (Å²) < 4.78 is 9.96. The van der Waals surface area contributed by atoms with E-state index in [1.807, 2.05) is 24.3 Å². The number of benzene rings is 1. The molecule has 20 heavy (non-hydrogen) atoms. The van der Waals surface area contributed by atoms with E-state index in [9.17, 15) is 9.59 Å². The molecular weight excluding hydrogens is 258 g/mol. The number of nitrogens with one attached hydrogen (secondary N) is 1. The van der Waals surface area contributed by atoms with Gasteiger partial charge in [0.1, 0.15) is 12.3 Å². The van der Waals surface area contributed by atoms with E-state index in [0.29, 0.717) is 5.75 Å². The summed E-state index contributed by atoms with van der Waals surface area (Å²) in [6.07, 6.45) is 0. The SMILES string of the molecule is COC(=O)CNC(=O)COc1ccccc1C(C)(C)C. The highest BCUT2D eigenvalue weighted by molar-refractivity contribution is 5.82. The van der Waals surface area contributed by atoms with Crippen molar-refractivity contribution in [2.75, 3.05) is 20.3 Å². The fourth-order valence-electron chi connectivity index (χ4n) is 1.65.